The molecule has 0 fully saturated rings. The number of rotatable bonds is 4. The Kier molecular flexibility index (Phi) is 3.82. The number of benzene rings is 2. The Balaban J connectivity index is 1.94. The first-order valence-electron chi connectivity index (χ1n) is 6.95. The van der Waals surface area contributed by atoms with E-state index in [0.717, 1.165) is 17.7 Å². The maximum Gasteiger partial charge on any atom is 0.122 e. The van der Waals surface area contributed by atoms with E-state index >= 15 is 0 Å². The van der Waals surface area contributed by atoms with Gasteiger partial charge in [-0.3, -0.25) is 0 Å². The monoisotopic (exact) mass is 285 g/mol. The first-order valence-corrected chi connectivity index (χ1v) is 6.95. The molecular weight excluding hydrogens is 266 g/mol. The topological polar surface area (TPSA) is 50.7 Å². The van der Waals surface area contributed by atoms with Crippen molar-refractivity contribution in [1.82, 2.24) is 5.32 Å². The van der Waals surface area contributed by atoms with Gasteiger partial charge in [-0.1, -0.05) is 24.3 Å². The normalized spacial score (nSPS) is 18.1. The van der Waals surface area contributed by atoms with Gasteiger partial charge in [0.05, 0.1) is 26.4 Å². The lowest BCUT2D eigenvalue weighted by Crippen LogP contribution is -2.20. The van der Waals surface area contributed by atoms with Crippen molar-refractivity contribution < 1.29 is 14.6 Å². The molecule has 0 saturated heterocycles. The molecule has 2 atom stereocenters. The molecule has 0 aliphatic carbocycles. The fraction of sp³-hybridized carbons (Fsp3) is 0.294. The summed E-state index contributed by atoms with van der Waals surface area (Å²) < 4.78 is 10.5. The van der Waals surface area contributed by atoms with Crippen LogP contribution in [-0.4, -0.2) is 19.3 Å². The lowest BCUT2D eigenvalue weighted by atomic mass is 9.95. The number of methoxy groups -OCH3 is 2. The molecule has 0 radical (unpaired) electrons. The van der Waals surface area contributed by atoms with Crippen molar-refractivity contribution in [1.29, 1.82) is 0 Å². The van der Waals surface area contributed by atoms with E-state index in [1.807, 2.05) is 24.3 Å². The zero-order chi connectivity index (χ0) is 14.8. The average molecular weight is 285 g/mol. The second kappa shape index (κ2) is 5.76. The van der Waals surface area contributed by atoms with Crippen molar-refractivity contribution in [2.24, 2.45) is 0 Å². The third-order valence-electron chi connectivity index (χ3n) is 3.93. The van der Waals surface area contributed by atoms with Crippen LogP contribution in [0.2, 0.25) is 0 Å². The first-order chi connectivity index (χ1) is 10.2. The summed E-state index contributed by atoms with van der Waals surface area (Å²) in [6, 6.07) is 13.5. The van der Waals surface area contributed by atoms with E-state index in [4.69, 9.17) is 9.47 Å². The molecule has 4 nitrogen and oxygen atoms in total. The van der Waals surface area contributed by atoms with E-state index in [1.165, 1.54) is 5.56 Å². The lowest BCUT2D eigenvalue weighted by molar-refractivity contribution is 0.133. The zero-order valence-corrected chi connectivity index (χ0v) is 12.2. The molecule has 0 bridgehead atoms. The molecule has 3 rings (SSSR count). The SMILES string of the molecule is COc1cc(OC)cc(C(O)C2NCc3ccccc32)c1. The highest BCUT2D eigenvalue weighted by molar-refractivity contribution is 5.42. The van der Waals surface area contributed by atoms with Gasteiger partial charge in [0.15, 0.2) is 0 Å². The molecule has 4 heteroatoms. The number of aliphatic hydroxyl groups is 1. The number of fused-ring (bicyclic) bond motifs is 1. The van der Waals surface area contributed by atoms with Crippen molar-refractivity contribution in [3.63, 3.8) is 0 Å². The van der Waals surface area contributed by atoms with Crippen molar-refractivity contribution >= 4 is 0 Å². The van der Waals surface area contributed by atoms with Crippen molar-refractivity contribution in [2.45, 2.75) is 18.7 Å². The highest BCUT2D eigenvalue weighted by Gasteiger charge is 2.29. The minimum Gasteiger partial charge on any atom is -0.497 e. The Hall–Kier alpha value is -2.04. The Morgan fingerprint density at radius 3 is 2.43 bits per heavy atom. The summed E-state index contributed by atoms with van der Waals surface area (Å²) in [6.45, 7) is 0.777. The third kappa shape index (κ3) is 2.60. The quantitative estimate of drug-likeness (QED) is 0.906. The zero-order valence-electron chi connectivity index (χ0n) is 12.2. The maximum absolute atomic E-state index is 10.7. The molecule has 0 aromatic heterocycles. The van der Waals surface area contributed by atoms with Crippen LogP contribution in [0.5, 0.6) is 11.5 Å². The van der Waals surface area contributed by atoms with Crippen LogP contribution in [0, 0.1) is 0 Å². The second-order valence-corrected chi connectivity index (χ2v) is 5.15. The van der Waals surface area contributed by atoms with E-state index in [0.29, 0.717) is 11.5 Å². The Bertz CT molecular complexity index is 619. The Morgan fingerprint density at radius 1 is 1.10 bits per heavy atom. The van der Waals surface area contributed by atoms with Crippen LogP contribution in [0.3, 0.4) is 0 Å². The van der Waals surface area contributed by atoms with E-state index in [1.54, 1.807) is 20.3 Å². The van der Waals surface area contributed by atoms with E-state index in [9.17, 15) is 5.11 Å². The number of nitrogens with one attached hydrogen (secondary N) is 1. The molecule has 2 aromatic carbocycles. The summed E-state index contributed by atoms with van der Waals surface area (Å²) in [4.78, 5) is 0. The Morgan fingerprint density at radius 2 is 1.76 bits per heavy atom. The predicted molar refractivity (Wildman–Crippen MR) is 80.5 cm³/mol. The molecule has 110 valence electrons. The van der Waals surface area contributed by atoms with E-state index in [-0.39, 0.29) is 6.04 Å². The summed E-state index contributed by atoms with van der Waals surface area (Å²) >= 11 is 0. The van der Waals surface area contributed by atoms with Crippen LogP contribution in [0.15, 0.2) is 42.5 Å². The lowest BCUT2D eigenvalue weighted by Gasteiger charge is -2.21. The van der Waals surface area contributed by atoms with Crippen LogP contribution in [0.1, 0.15) is 28.8 Å². The van der Waals surface area contributed by atoms with Crippen LogP contribution in [0.25, 0.3) is 0 Å². The van der Waals surface area contributed by atoms with Crippen molar-refractivity contribution in [2.75, 3.05) is 14.2 Å². The largest absolute Gasteiger partial charge is 0.497 e. The summed E-state index contributed by atoms with van der Waals surface area (Å²) in [7, 11) is 3.21. The van der Waals surface area contributed by atoms with Crippen LogP contribution in [0.4, 0.5) is 0 Å². The Labute approximate surface area is 124 Å². The molecule has 2 unspecified atom stereocenters. The molecular formula is C17H19NO3. The summed E-state index contributed by atoms with van der Waals surface area (Å²) in [6.07, 6.45) is -0.655. The minimum atomic E-state index is -0.655. The molecule has 0 spiro atoms. The van der Waals surface area contributed by atoms with Crippen LogP contribution < -0.4 is 14.8 Å². The van der Waals surface area contributed by atoms with Gasteiger partial charge >= 0.3 is 0 Å². The highest BCUT2D eigenvalue weighted by atomic mass is 16.5. The summed E-state index contributed by atoms with van der Waals surface area (Å²) in [5.74, 6) is 1.35. The number of hydrogen-bond donors (Lipinski definition) is 2. The molecule has 1 aliphatic rings. The van der Waals surface area contributed by atoms with Crippen LogP contribution in [-0.2, 0) is 6.54 Å². The molecule has 1 aliphatic heterocycles. The van der Waals surface area contributed by atoms with Gasteiger partial charge in [0.1, 0.15) is 11.5 Å². The second-order valence-electron chi connectivity index (χ2n) is 5.15. The molecule has 0 amide bonds. The van der Waals surface area contributed by atoms with Gasteiger partial charge < -0.3 is 19.9 Å². The molecule has 0 saturated carbocycles. The van der Waals surface area contributed by atoms with Gasteiger partial charge in [-0.15, -0.1) is 0 Å². The number of aliphatic hydroxyl groups excluding tert-OH is 1. The molecule has 2 N–H and O–H groups in total. The van der Waals surface area contributed by atoms with Gasteiger partial charge in [-0.2, -0.15) is 0 Å². The number of hydrogen-bond acceptors (Lipinski definition) is 4. The standard InChI is InChI=1S/C17H19NO3/c1-20-13-7-12(8-14(9-13)21-2)17(19)16-15-6-4-3-5-11(15)10-18-16/h3-9,16-19H,10H2,1-2H3. The summed E-state index contributed by atoms with van der Waals surface area (Å²) in [5.41, 5.74) is 3.16. The smallest absolute Gasteiger partial charge is 0.122 e. The minimum absolute atomic E-state index is 0.113. The average Bonchev–Trinajstić information content (AvgIpc) is 2.97. The van der Waals surface area contributed by atoms with Gasteiger partial charge in [0.25, 0.3) is 0 Å². The van der Waals surface area contributed by atoms with Gasteiger partial charge in [0.2, 0.25) is 0 Å². The third-order valence-corrected chi connectivity index (χ3v) is 3.93. The van der Waals surface area contributed by atoms with E-state index in [2.05, 4.69) is 17.4 Å². The fourth-order valence-electron chi connectivity index (χ4n) is 2.80. The van der Waals surface area contributed by atoms with Crippen molar-refractivity contribution in [3.8, 4) is 11.5 Å². The van der Waals surface area contributed by atoms with Gasteiger partial charge in [0, 0.05) is 12.6 Å². The first kappa shape index (κ1) is 13.9. The molecule has 21 heavy (non-hydrogen) atoms. The highest BCUT2D eigenvalue weighted by Crippen LogP contribution is 2.37. The van der Waals surface area contributed by atoms with Crippen molar-refractivity contribution in [3.05, 3.63) is 59.2 Å². The molecule has 2 aromatic rings. The van der Waals surface area contributed by atoms with Gasteiger partial charge in [-0.05, 0) is 28.8 Å². The van der Waals surface area contributed by atoms with Crippen LogP contribution >= 0.6 is 0 Å². The van der Waals surface area contributed by atoms with Gasteiger partial charge in [-0.25, -0.2) is 0 Å². The maximum atomic E-state index is 10.7. The fourth-order valence-corrected chi connectivity index (χ4v) is 2.80. The number of ether oxygens (including phenoxy) is 2. The summed E-state index contributed by atoms with van der Waals surface area (Å²) in [5, 5.41) is 14.1. The predicted octanol–water partition coefficient (Wildman–Crippen LogP) is 2.58. The molecule has 1 heterocycles. The van der Waals surface area contributed by atoms with E-state index < -0.39 is 6.10 Å².